The number of amides is 1. The van der Waals surface area contributed by atoms with E-state index in [2.05, 4.69) is 25.8 Å². The van der Waals surface area contributed by atoms with Crippen molar-refractivity contribution in [3.05, 3.63) is 81.4 Å². The second-order valence-corrected chi connectivity index (χ2v) is 9.09. The summed E-state index contributed by atoms with van der Waals surface area (Å²) in [6.07, 6.45) is 7.83. The maximum Gasteiger partial charge on any atom is 0.271 e. The van der Waals surface area contributed by atoms with Gasteiger partial charge < -0.3 is 5.32 Å². The Bertz CT molecular complexity index is 1300. The number of aromatic nitrogens is 2. The molecule has 2 N–H and O–H groups in total. The minimum atomic E-state index is -0.280. The standard InChI is InChI=1S/C24H20ClN5OS/c25-17-9-5-15(6-10-17)13-28-30-23(31)16-7-11-18(12-8-16)29-22-21-19-3-1-2-4-20(19)32-24(21)27-14-26-22/h5-14H,1-4H2,(H,30,31)(H,26,27,29)/b28-13+. The van der Waals surface area contributed by atoms with E-state index in [1.807, 2.05) is 24.3 Å². The zero-order valence-electron chi connectivity index (χ0n) is 17.1. The summed E-state index contributed by atoms with van der Waals surface area (Å²) in [5.41, 5.74) is 6.16. The molecule has 0 fully saturated rings. The lowest BCUT2D eigenvalue weighted by molar-refractivity contribution is 0.0955. The van der Waals surface area contributed by atoms with Crippen molar-refractivity contribution < 1.29 is 4.79 Å². The summed E-state index contributed by atoms with van der Waals surface area (Å²) in [6, 6.07) is 14.4. The average Bonchev–Trinajstić information content (AvgIpc) is 3.20. The molecule has 2 aromatic heterocycles. The molecule has 0 spiro atoms. The van der Waals surface area contributed by atoms with Crippen LogP contribution < -0.4 is 10.7 Å². The van der Waals surface area contributed by atoms with Crippen LogP contribution in [0.25, 0.3) is 10.2 Å². The van der Waals surface area contributed by atoms with Gasteiger partial charge >= 0.3 is 0 Å². The topological polar surface area (TPSA) is 79.3 Å². The molecule has 6 nitrogen and oxygen atoms in total. The van der Waals surface area contributed by atoms with Gasteiger partial charge in [-0.1, -0.05) is 23.7 Å². The molecule has 0 aliphatic heterocycles. The molecule has 0 atom stereocenters. The number of nitrogens with one attached hydrogen (secondary N) is 2. The first-order chi connectivity index (χ1) is 15.7. The summed E-state index contributed by atoms with van der Waals surface area (Å²) in [7, 11) is 0. The molecule has 2 aromatic carbocycles. The van der Waals surface area contributed by atoms with Crippen LogP contribution in [0, 0.1) is 0 Å². The number of hydrogen-bond acceptors (Lipinski definition) is 6. The van der Waals surface area contributed by atoms with Gasteiger partial charge in [0, 0.05) is 21.2 Å². The number of carbonyl (C=O) groups is 1. The normalized spacial score (nSPS) is 13.3. The Kier molecular flexibility index (Phi) is 5.83. The maximum atomic E-state index is 12.4. The number of halogens is 1. The minimum absolute atomic E-state index is 0.280. The molecule has 5 rings (SSSR count). The van der Waals surface area contributed by atoms with Crippen molar-refractivity contribution in [2.24, 2.45) is 5.10 Å². The molecule has 0 saturated carbocycles. The molecule has 1 aliphatic carbocycles. The fourth-order valence-electron chi connectivity index (χ4n) is 3.81. The molecule has 1 amide bonds. The fourth-order valence-corrected chi connectivity index (χ4v) is 5.16. The first kappa shape index (κ1) is 20.6. The summed E-state index contributed by atoms with van der Waals surface area (Å²) < 4.78 is 0. The Hall–Kier alpha value is -3.29. The summed E-state index contributed by atoms with van der Waals surface area (Å²) in [5.74, 6) is 0.539. The molecule has 2 heterocycles. The molecular formula is C24H20ClN5OS. The molecule has 0 radical (unpaired) electrons. The molecule has 0 unspecified atom stereocenters. The fraction of sp³-hybridized carbons (Fsp3) is 0.167. The van der Waals surface area contributed by atoms with E-state index in [1.165, 1.54) is 23.3 Å². The van der Waals surface area contributed by atoms with Gasteiger partial charge in [-0.3, -0.25) is 4.79 Å². The predicted octanol–water partition coefficient (Wildman–Crippen LogP) is 5.73. The van der Waals surface area contributed by atoms with Crippen LogP contribution in [0.2, 0.25) is 5.02 Å². The quantitative estimate of drug-likeness (QED) is 0.294. The van der Waals surface area contributed by atoms with E-state index < -0.39 is 0 Å². The van der Waals surface area contributed by atoms with Gasteiger partial charge in [-0.25, -0.2) is 15.4 Å². The smallest absolute Gasteiger partial charge is 0.271 e. The first-order valence-corrected chi connectivity index (χ1v) is 11.6. The lowest BCUT2D eigenvalue weighted by atomic mass is 9.97. The van der Waals surface area contributed by atoms with Crippen LogP contribution in [-0.4, -0.2) is 22.1 Å². The monoisotopic (exact) mass is 461 g/mol. The third-order valence-corrected chi connectivity index (χ3v) is 6.86. The molecule has 8 heteroatoms. The first-order valence-electron chi connectivity index (χ1n) is 10.4. The third-order valence-electron chi connectivity index (χ3n) is 5.41. The number of fused-ring (bicyclic) bond motifs is 3. The number of thiophene rings is 1. The highest BCUT2D eigenvalue weighted by atomic mass is 35.5. The van der Waals surface area contributed by atoms with Gasteiger partial charge in [0.25, 0.3) is 5.91 Å². The number of carbonyl (C=O) groups excluding carboxylic acids is 1. The number of anilines is 2. The van der Waals surface area contributed by atoms with Gasteiger partial charge in [-0.05, 0) is 73.2 Å². The van der Waals surface area contributed by atoms with Crippen LogP contribution in [0.15, 0.2) is 60.0 Å². The van der Waals surface area contributed by atoms with E-state index in [1.54, 1.807) is 48.1 Å². The van der Waals surface area contributed by atoms with Gasteiger partial charge in [-0.15, -0.1) is 11.3 Å². The molecule has 1 aliphatic rings. The number of aryl methyl sites for hydroxylation is 2. The van der Waals surface area contributed by atoms with Gasteiger partial charge in [0.2, 0.25) is 0 Å². The van der Waals surface area contributed by atoms with Crippen molar-refractivity contribution >= 4 is 56.8 Å². The summed E-state index contributed by atoms with van der Waals surface area (Å²) in [4.78, 5) is 23.8. The van der Waals surface area contributed by atoms with Crippen LogP contribution in [0.3, 0.4) is 0 Å². The van der Waals surface area contributed by atoms with Crippen molar-refractivity contribution in [3.63, 3.8) is 0 Å². The van der Waals surface area contributed by atoms with Crippen molar-refractivity contribution in [2.45, 2.75) is 25.7 Å². The highest BCUT2D eigenvalue weighted by Gasteiger charge is 2.20. The SMILES string of the molecule is O=C(N/N=C/c1ccc(Cl)cc1)c1ccc(Nc2ncnc3sc4c(c23)CCCC4)cc1. The Morgan fingerprint density at radius 3 is 2.62 bits per heavy atom. The predicted molar refractivity (Wildman–Crippen MR) is 130 cm³/mol. The van der Waals surface area contributed by atoms with Gasteiger partial charge in [0.05, 0.1) is 11.6 Å². The van der Waals surface area contributed by atoms with Gasteiger partial charge in [0.15, 0.2) is 0 Å². The van der Waals surface area contributed by atoms with Crippen LogP contribution in [-0.2, 0) is 12.8 Å². The number of rotatable bonds is 5. The molecule has 4 aromatic rings. The number of benzene rings is 2. The molecule has 0 bridgehead atoms. The molecule has 0 saturated heterocycles. The molecule has 160 valence electrons. The second kappa shape index (κ2) is 9.06. The largest absolute Gasteiger partial charge is 0.340 e. The van der Waals surface area contributed by atoms with Crippen LogP contribution >= 0.6 is 22.9 Å². The lowest BCUT2D eigenvalue weighted by Gasteiger charge is -2.12. The Balaban J connectivity index is 1.28. The van der Waals surface area contributed by atoms with E-state index in [0.29, 0.717) is 10.6 Å². The number of hydrogen-bond donors (Lipinski definition) is 2. The van der Waals surface area contributed by atoms with Crippen molar-refractivity contribution in [1.29, 1.82) is 0 Å². The van der Waals surface area contributed by atoms with Crippen LogP contribution in [0.1, 0.15) is 39.2 Å². The van der Waals surface area contributed by atoms with E-state index in [0.717, 1.165) is 40.1 Å². The number of nitrogens with zero attached hydrogens (tertiary/aromatic N) is 3. The maximum absolute atomic E-state index is 12.4. The lowest BCUT2D eigenvalue weighted by Crippen LogP contribution is -2.17. The Morgan fingerprint density at radius 1 is 1.03 bits per heavy atom. The van der Waals surface area contributed by atoms with Crippen LogP contribution in [0.4, 0.5) is 11.5 Å². The second-order valence-electron chi connectivity index (χ2n) is 7.57. The Morgan fingerprint density at radius 2 is 1.81 bits per heavy atom. The minimum Gasteiger partial charge on any atom is -0.340 e. The van der Waals surface area contributed by atoms with Crippen molar-refractivity contribution in [1.82, 2.24) is 15.4 Å². The van der Waals surface area contributed by atoms with Gasteiger partial charge in [0.1, 0.15) is 17.0 Å². The van der Waals surface area contributed by atoms with Crippen LogP contribution in [0.5, 0.6) is 0 Å². The summed E-state index contributed by atoms with van der Waals surface area (Å²) in [6.45, 7) is 0. The average molecular weight is 462 g/mol. The van der Waals surface area contributed by atoms with Crippen molar-refractivity contribution in [3.8, 4) is 0 Å². The van der Waals surface area contributed by atoms with E-state index in [4.69, 9.17) is 11.6 Å². The summed E-state index contributed by atoms with van der Waals surface area (Å²) in [5, 5.41) is 9.19. The van der Waals surface area contributed by atoms with E-state index in [-0.39, 0.29) is 5.91 Å². The molecule has 32 heavy (non-hydrogen) atoms. The third kappa shape index (κ3) is 4.35. The Labute approximate surface area is 194 Å². The highest BCUT2D eigenvalue weighted by molar-refractivity contribution is 7.19. The van der Waals surface area contributed by atoms with E-state index >= 15 is 0 Å². The zero-order valence-corrected chi connectivity index (χ0v) is 18.7. The van der Waals surface area contributed by atoms with Crippen molar-refractivity contribution in [2.75, 3.05) is 5.32 Å². The zero-order chi connectivity index (χ0) is 21.9. The number of hydrazone groups is 1. The summed E-state index contributed by atoms with van der Waals surface area (Å²) >= 11 is 7.64. The van der Waals surface area contributed by atoms with E-state index in [9.17, 15) is 4.79 Å². The highest BCUT2D eigenvalue weighted by Crippen LogP contribution is 2.38. The van der Waals surface area contributed by atoms with Gasteiger partial charge in [-0.2, -0.15) is 5.10 Å². The molecular weight excluding hydrogens is 442 g/mol.